The first-order chi connectivity index (χ1) is 14.3. The second-order valence-corrected chi connectivity index (χ2v) is 8.70. The smallest absolute Gasteiger partial charge is 0.264 e. The molecule has 152 valence electrons. The monoisotopic (exact) mass is 436 g/mol. The van der Waals surface area contributed by atoms with Crippen LogP contribution in [0.15, 0.2) is 52.4 Å². The fraction of sp³-hybridized carbons (Fsp3) is 0.174. The second kappa shape index (κ2) is 8.13. The molecule has 0 saturated carbocycles. The molecule has 0 radical (unpaired) electrons. The Morgan fingerprint density at radius 3 is 2.63 bits per heavy atom. The summed E-state index contributed by atoms with van der Waals surface area (Å²) in [6, 6.07) is 14.0. The number of amidine groups is 1. The van der Waals surface area contributed by atoms with Gasteiger partial charge in [-0.25, -0.2) is 9.67 Å². The summed E-state index contributed by atoms with van der Waals surface area (Å²) in [6.45, 7) is 7.95. The number of hydrogen-bond acceptors (Lipinski definition) is 4. The maximum Gasteiger partial charge on any atom is 0.264 e. The molecule has 30 heavy (non-hydrogen) atoms. The number of rotatable bonds is 3. The number of nitrogens with one attached hydrogen (secondary N) is 1. The van der Waals surface area contributed by atoms with Gasteiger partial charge in [0.2, 0.25) is 0 Å². The number of aryl methyl sites for hydroxylation is 4. The van der Waals surface area contributed by atoms with Gasteiger partial charge in [-0.05, 0) is 80.4 Å². The molecule has 1 aliphatic heterocycles. The molecule has 0 spiro atoms. The second-order valence-electron chi connectivity index (χ2n) is 7.31. The van der Waals surface area contributed by atoms with E-state index in [-0.39, 0.29) is 5.91 Å². The van der Waals surface area contributed by atoms with Gasteiger partial charge in [0, 0.05) is 5.56 Å². The summed E-state index contributed by atoms with van der Waals surface area (Å²) in [4.78, 5) is 17.6. The van der Waals surface area contributed by atoms with E-state index in [4.69, 9.17) is 11.6 Å². The highest BCUT2D eigenvalue weighted by Crippen LogP contribution is 2.32. The topological polar surface area (TPSA) is 59.3 Å². The van der Waals surface area contributed by atoms with Crippen LogP contribution in [0.1, 0.15) is 27.9 Å². The number of aromatic nitrogens is 2. The lowest BCUT2D eigenvalue weighted by Crippen LogP contribution is -2.19. The average Bonchev–Trinajstić information content (AvgIpc) is 3.17. The van der Waals surface area contributed by atoms with Crippen LogP contribution < -0.4 is 5.32 Å². The van der Waals surface area contributed by atoms with Gasteiger partial charge in [0.1, 0.15) is 5.15 Å². The Bertz CT molecular complexity index is 1230. The summed E-state index contributed by atoms with van der Waals surface area (Å²) in [5.74, 6) is -0.193. The van der Waals surface area contributed by atoms with Crippen LogP contribution in [0, 0.1) is 27.7 Å². The van der Waals surface area contributed by atoms with Crippen molar-refractivity contribution in [3.8, 4) is 5.69 Å². The molecule has 7 heteroatoms. The lowest BCUT2D eigenvalue weighted by atomic mass is 10.1. The number of amides is 1. The molecule has 2 aromatic carbocycles. The Hall–Kier alpha value is -2.83. The fourth-order valence-electron chi connectivity index (χ4n) is 3.21. The third-order valence-electron chi connectivity index (χ3n) is 4.80. The minimum atomic E-state index is -0.193. The summed E-state index contributed by atoms with van der Waals surface area (Å²) in [6.07, 6.45) is 1.78. The number of benzene rings is 2. The highest BCUT2D eigenvalue weighted by molar-refractivity contribution is 8.18. The van der Waals surface area contributed by atoms with Crippen LogP contribution in [0.3, 0.4) is 0 Å². The maximum absolute atomic E-state index is 12.5. The van der Waals surface area contributed by atoms with Crippen molar-refractivity contribution in [3.63, 3.8) is 0 Å². The van der Waals surface area contributed by atoms with Crippen LogP contribution in [-0.4, -0.2) is 20.9 Å². The molecule has 4 rings (SSSR count). The predicted molar refractivity (Wildman–Crippen MR) is 125 cm³/mol. The van der Waals surface area contributed by atoms with Gasteiger partial charge in [-0.1, -0.05) is 35.9 Å². The quantitative estimate of drug-likeness (QED) is 0.539. The van der Waals surface area contributed by atoms with Crippen molar-refractivity contribution in [2.24, 2.45) is 4.99 Å². The lowest BCUT2D eigenvalue weighted by Gasteiger charge is -2.08. The Kier molecular flexibility index (Phi) is 5.54. The third-order valence-corrected chi connectivity index (χ3v) is 6.07. The van der Waals surface area contributed by atoms with E-state index in [0.717, 1.165) is 39.3 Å². The van der Waals surface area contributed by atoms with Crippen LogP contribution >= 0.6 is 23.4 Å². The van der Waals surface area contributed by atoms with Crippen molar-refractivity contribution < 1.29 is 4.79 Å². The van der Waals surface area contributed by atoms with Crippen molar-refractivity contribution in [1.29, 1.82) is 0 Å². The molecule has 1 fully saturated rings. The number of aliphatic imine (C=N–C) groups is 1. The number of carbonyl (C=O) groups excluding carboxylic acids is 1. The summed E-state index contributed by atoms with van der Waals surface area (Å²) in [5, 5.41) is 8.46. The van der Waals surface area contributed by atoms with Gasteiger partial charge in [-0.15, -0.1) is 0 Å². The molecular formula is C23H21ClN4OS. The zero-order valence-corrected chi connectivity index (χ0v) is 18.7. The van der Waals surface area contributed by atoms with Crippen LogP contribution in [0.5, 0.6) is 0 Å². The minimum Gasteiger partial charge on any atom is -0.300 e. The Labute approximate surface area is 184 Å². The number of hydrogen-bond donors (Lipinski definition) is 1. The fourth-order valence-corrected chi connectivity index (χ4v) is 4.35. The van der Waals surface area contributed by atoms with Gasteiger partial charge in [0.15, 0.2) is 5.17 Å². The predicted octanol–water partition coefficient (Wildman–Crippen LogP) is 5.65. The number of thioether (sulfide) groups is 1. The van der Waals surface area contributed by atoms with Crippen LogP contribution in [0.4, 0.5) is 5.69 Å². The Balaban J connectivity index is 1.68. The highest BCUT2D eigenvalue weighted by atomic mass is 35.5. The first-order valence-electron chi connectivity index (χ1n) is 9.51. The Morgan fingerprint density at radius 2 is 1.87 bits per heavy atom. The molecule has 0 bridgehead atoms. The van der Waals surface area contributed by atoms with E-state index in [9.17, 15) is 4.79 Å². The van der Waals surface area contributed by atoms with Gasteiger partial charge < -0.3 is 5.32 Å². The van der Waals surface area contributed by atoms with E-state index in [1.807, 2.05) is 64.1 Å². The highest BCUT2D eigenvalue weighted by Gasteiger charge is 2.25. The normalized spacial score (nSPS) is 16.5. The standard InChI is InChI=1S/C23H21ClN4OS/c1-13-6-5-7-17(10-13)25-23-26-22(29)20(30-23)12-18-16(4)27-28(21(18)24)19-11-14(2)8-9-15(19)3/h5-12H,1-4H3,(H,25,26,29). The molecule has 1 saturated heterocycles. The summed E-state index contributed by atoms with van der Waals surface area (Å²) in [5.41, 5.74) is 6.53. The van der Waals surface area contributed by atoms with Crippen molar-refractivity contribution >= 4 is 46.2 Å². The summed E-state index contributed by atoms with van der Waals surface area (Å²) >= 11 is 7.98. The van der Waals surface area contributed by atoms with Gasteiger partial charge in [-0.3, -0.25) is 4.79 Å². The van der Waals surface area contributed by atoms with Gasteiger partial charge >= 0.3 is 0 Å². The number of carbonyl (C=O) groups is 1. The lowest BCUT2D eigenvalue weighted by molar-refractivity contribution is -0.115. The van der Waals surface area contributed by atoms with Crippen molar-refractivity contribution in [1.82, 2.24) is 15.1 Å². The zero-order chi connectivity index (χ0) is 21.4. The third kappa shape index (κ3) is 4.06. The first kappa shape index (κ1) is 20.4. The molecule has 5 nitrogen and oxygen atoms in total. The van der Waals surface area contributed by atoms with Crippen molar-refractivity contribution in [2.75, 3.05) is 0 Å². The Morgan fingerprint density at radius 1 is 1.10 bits per heavy atom. The molecule has 0 aliphatic carbocycles. The molecule has 3 aromatic rings. The molecule has 1 amide bonds. The van der Waals surface area contributed by atoms with E-state index in [1.165, 1.54) is 11.8 Å². The molecule has 1 aromatic heterocycles. The zero-order valence-electron chi connectivity index (χ0n) is 17.2. The van der Waals surface area contributed by atoms with Gasteiger partial charge in [0.25, 0.3) is 5.91 Å². The van der Waals surface area contributed by atoms with E-state index in [2.05, 4.69) is 21.5 Å². The average molecular weight is 437 g/mol. The van der Waals surface area contributed by atoms with Crippen molar-refractivity contribution in [3.05, 3.63) is 80.5 Å². The van der Waals surface area contributed by atoms with Gasteiger partial charge in [-0.2, -0.15) is 5.10 Å². The minimum absolute atomic E-state index is 0.193. The molecule has 1 aliphatic rings. The molecule has 0 unspecified atom stereocenters. The van der Waals surface area contributed by atoms with Gasteiger partial charge in [0.05, 0.1) is 22.0 Å². The van der Waals surface area contributed by atoms with Crippen LogP contribution in [0.2, 0.25) is 5.15 Å². The molecule has 0 atom stereocenters. The van der Waals surface area contributed by atoms with E-state index in [0.29, 0.717) is 15.2 Å². The van der Waals surface area contributed by atoms with Crippen LogP contribution in [-0.2, 0) is 4.79 Å². The summed E-state index contributed by atoms with van der Waals surface area (Å²) in [7, 11) is 0. The molecule has 2 heterocycles. The van der Waals surface area contributed by atoms with E-state index >= 15 is 0 Å². The first-order valence-corrected chi connectivity index (χ1v) is 10.7. The van der Waals surface area contributed by atoms with E-state index < -0.39 is 0 Å². The molecule has 1 N–H and O–H groups in total. The van der Waals surface area contributed by atoms with Crippen molar-refractivity contribution in [2.45, 2.75) is 27.7 Å². The van der Waals surface area contributed by atoms with E-state index in [1.54, 1.807) is 10.8 Å². The number of halogens is 1. The molecular weight excluding hydrogens is 416 g/mol. The number of nitrogens with zero attached hydrogens (tertiary/aromatic N) is 3. The SMILES string of the molecule is Cc1cccc(N=C2NC(=O)C(=Cc3c(C)nn(-c4cc(C)ccc4C)c3Cl)S2)c1. The maximum atomic E-state index is 12.5. The summed E-state index contributed by atoms with van der Waals surface area (Å²) < 4.78 is 1.73. The van der Waals surface area contributed by atoms with Crippen LogP contribution in [0.25, 0.3) is 11.8 Å². The largest absolute Gasteiger partial charge is 0.300 e.